The van der Waals surface area contributed by atoms with Crippen molar-refractivity contribution in [3.63, 3.8) is 0 Å². The van der Waals surface area contributed by atoms with Gasteiger partial charge in [-0.3, -0.25) is 0 Å². The van der Waals surface area contributed by atoms with Crippen LogP contribution in [0.2, 0.25) is 0 Å². The maximum atomic E-state index is 5.43. The molecule has 3 rings (SSSR count). The number of benzene rings is 2. The predicted octanol–water partition coefficient (Wildman–Crippen LogP) is 3.95. The third kappa shape index (κ3) is 1.66. The van der Waals surface area contributed by atoms with E-state index < -0.39 is 0 Å². The number of aromatic nitrogens is 1. The maximum absolute atomic E-state index is 5.43. The molecular formula is C16H15NO. The molecule has 0 atom stereocenters. The van der Waals surface area contributed by atoms with Gasteiger partial charge in [0.15, 0.2) is 0 Å². The van der Waals surface area contributed by atoms with Crippen molar-refractivity contribution in [2.75, 3.05) is 7.11 Å². The first-order valence-corrected chi connectivity index (χ1v) is 6.01. The van der Waals surface area contributed by atoms with E-state index in [9.17, 15) is 0 Å². The molecule has 0 amide bonds. The zero-order valence-corrected chi connectivity index (χ0v) is 10.6. The summed E-state index contributed by atoms with van der Waals surface area (Å²) >= 11 is 0. The lowest BCUT2D eigenvalue weighted by molar-refractivity contribution is 0.413. The Bertz CT molecular complexity index is 697. The topological polar surface area (TPSA) is 14.2 Å². The van der Waals surface area contributed by atoms with Gasteiger partial charge in [-0.1, -0.05) is 24.3 Å². The average molecular weight is 237 g/mol. The summed E-state index contributed by atoms with van der Waals surface area (Å²) in [7, 11) is 1.70. The smallest absolute Gasteiger partial charge is 0.142 e. The molecule has 0 N–H and O–H groups in total. The molecule has 0 aliphatic heterocycles. The largest absolute Gasteiger partial charge is 0.495 e. The zero-order valence-electron chi connectivity index (χ0n) is 10.6. The lowest BCUT2D eigenvalue weighted by Crippen LogP contribution is -1.96. The SMILES string of the molecule is COc1ccccc1-n1ccc2ccc(C)cc21. The van der Waals surface area contributed by atoms with Gasteiger partial charge in [0.2, 0.25) is 0 Å². The van der Waals surface area contributed by atoms with Gasteiger partial charge >= 0.3 is 0 Å². The summed E-state index contributed by atoms with van der Waals surface area (Å²) in [4.78, 5) is 0. The van der Waals surface area contributed by atoms with Crippen LogP contribution >= 0.6 is 0 Å². The van der Waals surface area contributed by atoms with Crippen molar-refractivity contribution in [1.82, 2.24) is 4.57 Å². The fraction of sp³-hybridized carbons (Fsp3) is 0.125. The van der Waals surface area contributed by atoms with Gasteiger partial charge in [-0.2, -0.15) is 0 Å². The minimum atomic E-state index is 0.886. The first kappa shape index (κ1) is 10.9. The fourth-order valence-electron chi connectivity index (χ4n) is 2.28. The molecule has 18 heavy (non-hydrogen) atoms. The summed E-state index contributed by atoms with van der Waals surface area (Å²) in [6, 6.07) is 16.7. The van der Waals surface area contributed by atoms with Crippen LogP contribution < -0.4 is 4.74 Å². The molecule has 2 nitrogen and oxygen atoms in total. The number of methoxy groups -OCH3 is 1. The van der Waals surface area contributed by atoms with E-state index in [0.29, 0.717) is 0 Å². The fourth-order valence-corrected chi connectivity index (χ4v) is 2.28. The Kier molecular flexibility index (Phi) is 2.56. The molecule has 0 saturated carbocycles. The second kappa shape index (κ2) is 4.22. The normalized spacial score (nSPS) is 10.8. The molecule has 1 heterocycles. The molecule has 2 aromatic carbocycles. The first-order valence-electron chi connectivity index (χ1n) is 6.01. The predicted molar refractivity (Wildman–Crippen MR) is 74.6 cm³/mol. The van der Waals surface area contributed by atoms with E-state index in [1.165, 1.54) is 16.5 Å². The van der Waals surface area contributed by atoms with E-state index in [0.717, 1.165) is 11.4 Å². The Morgan fingerprint density at radius 2 is 1.83 bits per heavy atom. The van der Waals surface area contributed by atoms with Crippen molar-refractivity contribution in [2.24, 2.45) is 0 Å². The molecule has 0 spiro atoms. The second-order valence-electron chi connectivity index (χ2n) is 4.42. The molecule has 0 aliphatic rings. The quantitative estimate of drug-likeness (QED) is 0.658. The van der Waals surface area contributed by atoms with E-state index in [4.69, 9.17) is 4.74 Å². The van der Waals surface area contributed by atoms with Crippen molar-refractivity contribution in [3.05, 3.63) is 60.3 Å². The van der Waals surface area contributed by atoms with E-state index in [1.54, 1.807) is 7.11 Å². The van der Waals surface area contributed by atoms with Crippen LogP contribution in [0.1, 0.15) is 5.56 Å². The Balaban J connectivity index is 2.28. The van der Waals surface area contributed by atoms with E-state index >= 15 is 0 Å². The van der Waals surface area contributed by atoms with E-state index in [-0.39, 0.29) is 0 Å². The van der Waals surface area contributed by atoms with Gasteiger partial charge in [0.05, 0.1) is 18.3 Å². The molecule has 0 saturated heterocycles. The highest BCUT2D eigenvalue weighted by molar-refractivity contribution is 5.83. The molecule has 90 valence electrons. The van der Waals surface area contributed by atoms with Gasteiger partial charge in [-0.05, 0) is 42.1 Å². The number of hydrogen-bond donors (Lipinski definition) is 0. The molecule has 0 radical (unpaired) electrons. The third-order valence-electron chi connectivity index (χ3n) is 3.19. The van der Waals surface area contributed by atoms with Crippen LogP contribution in [-0.4, -0.2) is 11.7 Å². The Labute approximate surface area is 106 Å². The molecule has 0 bridgehead atoms. The molecule has 2 heteroatoms. The molecule has 0 unspecified atom stereocenters. The number of fused-ring (bicyclic) bond motifs is 1. The number of hydrogen-bond acceptors (Lipinski definition) is 1. The summed E-state index contributed by atoms with van der Waals surface area (Å²) in [6.45, 7) is 2.11. The van der Waals surface area contributed by atoms with Crippen LogP contribution in [0.25, 0.3) is 16.6 Å². The number of para-hydroxylation sites is 2. The number of ether oxygens (including phenoxy) is 1. The van der Waals surface area contributed by atoms with Gasteiger partial charge < -0.3 is 9.30 Å². The van der Waals surface area contributed by atoms with Crippen LogP contribution in [0.5, 0.6) is 5.75 Å². The second-order valence-corrected chi connectivity index (χ2v) is 4.42. The molecule has 0 aliphatic carbocycles. The van der Waals surface area contributed by atoms with Crippen LogP contribution in [0, 0.1) is 6.92 Å². The van der Waals surface area contributed by atoms with Gasteiger partial charge in [0, 0.05) is 6.20 Å². The summed E-state index contributed by atoms with van der Waals surface area (Å²) in [6.07, 6.45) is 2.09. The molecule has 1 aromatic heterocycles. The standard InChI is InChI=1S/C16H15NO/c1-12-7-8-13-9-10-17(15(13)11-12)14-5-3-4-6-16(14)18-2/h3-11H,1-2H3. The van der Waals surface area contributed by atoms with Crippen molar-refractivity contribution < 1.29 is 4.74 Å². The minimum Gasteiger partial charge on any atom is -0.495 e. The van der Waals surface area contributed by atoms with Crippen molar-refractivity contribution in [1.29, 1.82) is 0 Å². The van der Waals surface area contributed by atoms with Crippen LogP contribution in [0.4, 0.5) is 0 Å². The average Bonchev–Trinajstić information content (AvgIpc) is 2.81. The highest BCUT2D eigenvalue weighted by atomic mass is 16.5. The highest BCUT2D eigenvalue weighted by Crippen LogP contribution is 2.27. The lowest BCUT2D eigenvalue weighted by Gasteiger charge is -2.10. The van der Waals surface area contributed by atoms with Crippen molar-refractivity contribution in [3.8, 4) is 11.4 Å². The summed E-state index contributed by atoms with van der Waals surface area (Å²) in [5.74, 6) is 0.886. The maximum Gasteiger partial charge on any atom is 0.142 e. The van der Waals surface area contributed by atoms with Crippen molar-refractivity contribution in [2.45, 2.75) is 6.92 Å². The number of nitrogens with zero attached hydrogens (tertiary/aromatic N) is 1. The van der Waals surface area contributed by atoms with Crippen LogP contribution in [0.3, 0.4) is 0 Å². The van der Waals surface area contributed by atoms with Crippen LogP contribution in [-0.2, 0) is 0 Å². The van der Waals surface area contributed by atoms with Gasteiger partial charge in [-0.25, -0.2) is 0 Å². The summed E-state index contributed by atoms with van der Waals surface area (Å²) in [5, 5.41) is 1.24. The van der Waals surface area contributed by atoms with Gasteiger partial charge in [0.25, 0.3) is 0 Å². The Hall–Kier alpha value is -2.22. The molecule has 3 aromatic rings. The first-order chi connectivity index (χ1) is 8.79. The van der Waals surface area contributed by atoms with E-state index in [1.807, 2.05) is 18.2 Å². The Morgan fingerprint density at radius 1 is 1.00 bits per heavy atom. The summed E-state index contributed by atoms with van der Waals surface area (Å²) < 4.78 is 7.60. The van der Waals surface area contributed by atoms with Gasteiger partial charge in [-0.15, -0.1) is 0 Å². The Morgan fingerprint density at radius 3 is 2.67 bits per heavy atom. The molecular weight excluding hydrogens is 222 g/mol. The van der Waals surface area contributed by atoms with Gasteiger partial charge in [0.1, 0.15) is 5.75 Å². The summed E-state index contributed by atoms with van der Waals surface area (Å²) in [5.41, 5.74) is 3.54. The van der Waals surface area contributed by atoms with Crippen LogP contribution in [0.15, 0.2) is 54.7 Å². The highest BCUT2D eigenvalue weighted by Gasteiger charge is 2.07. The molecule has 0 fully saturated rings. The lowest BCUT2D eigenvalue weighted by atomic mass is 10.2. The monoisotopic (exact) mass is 237 g/mol. The minimum absolute atomic E-state index is 0.886. The number of rotatable bonds is 2. The van der Waals surface area contributed by atoms with Crippen molar-refractivity contribution >= 4 is 10.9 Å². The third-order valence-corrected chi connectivity index (χ3v) is 3.19. The van der Waals surface area contributed by atoms with E-state index in [2.05, 4.69) is 48.0 Å². The number of aryl methyl sites for hydroxylation is 1. The zero-order chi connectivity index (χ0) is 12.5.